The number of hydrogen-bond acceptors (Lipinski definition) is 23. The maximum absolute atomic E-state index is 14.2. The number of aryl methyl sites for hydroxylation is 3. The van der Waals surface area contributed by atoms with Crippen LogP contribution in [0.4, 0.5) is 25.8 Å². The molecule has 29 nitrogen and oxygen atoms in total. The normalized spacial score (nSPS) is 17.1. The molecule has 696 valence electrons. The molecule has 0 spiro atoms. The minimum Gasteiger partial charge on any atom is -0.496 e. The molecule has 3 amide bonds. The lowest BCUT2D eigenvalue weighted by Gasteiger charge is -2.37. The molecule has 0 radical (unpaired) electrons. The van der Waals surface area contributed by atoms with Crippen molar-refractivity contribution in [2.45, 2.75) is 216 Å². The predicted molar refractivity (Wildman–Crippen MR) is 493 cm³/mol. The largest absolute Gasteiger partial charge is 0.496 e. The Hall–Kier alpha value is -10.1. The van der Waals surface area contributed by atoms with Crippen LogP contribution in [-0.2, 0) is 77.5 Å². The lowest BCUT2D eigenvalue weighted by atomic mass is 9.95. The number of aromatic amines is 3. The number of likely N-dealkylation sites (tertiary alicyclic amines) is 1. The van der Waals surface area contributed by atoms with Crippen LogP contribution in [0.2, 0.25) is 0 Å². The van der Waals surface area contributed by atoms with Crippen LogP contribution in [0.1, 0.15) is 206 Å². The number of ether oxygens (including phenoxy) is 7. The highest BCUT2D eigenvalue weighted by Gasteiger charge is 2.37. The van der Waals surface area contributed by atoms with Gasteiger partial charge < -0.3 is 92.0 Å². The van der Waals surface area contributed by atoms with Crippen LogP contribution in [-0.4, -0.2) is 229 Å². The molecule has 9 aromatic rings. The van der Waals surface area contributed by atoms with Crippen LogP contribution in [0, 0.1) is 20.8 Å². The van der Waals surface area contributed by atoms with E-state index in [1.807, 2.05) is 36.1 Å². The number of nitrogens with one attached hydrogen (secondary N) is 6. The summed E-state index contributed by atoms with van der Waals surface area (Å²) in [4.78, 5) is 105. The number of amides is 3. The Morgan fingerprint density at radius 3 is 0.992 bits per heavy atom. The second-order valence-electron chi connectivity index (χ2n) is 34.5. The number of furan rings is 3. The fourth-order valence-corrected chi connectivity index (χ4v) is 19.3. The molecule has 128 heavy (non-hydrogen) atoms. The number of aromatic nitrogens is 3. The second kappa shape index (κ2) is 44.0. The Labute approximate surface area is 748 Å². The number of pyridine rings is 3. The summed E-state index contributed by atoms with van der Waals surface area (Å²) in [5, 5.41) is 11.3. The summed E-state index contributed by atoms with van der Waals surface area (Å²) in [5.41, 5.74) is 11.9. The number of nitrogens with zero attached hydrogens (tertiary/aromatic N) is 7. The Bertz CT molecular complexity index is 5480. The summed E-state index contributed by atoms with van der Waals surface area (Å²) in [6.07, 6.45) is 7.13. The number of carbonyl (C=O) groups excluding carboxylic acids is 3. The van der Waals surface area contributed by atoms with Crippen molar-refractivity contribution >= 4 is 67.7 Å². The molecule has 0 unspecified atom stereocenters. The van der Waals surface area contributed by atoms with E-state index < -0.39 is 5.92 Å². The maximum atomic E-state index is 14.2. The summed E-state index contributed by atoms with van der Waals surface area (Å²) in [7, 11) is 4.56. The van der Waals surface area contributed by atoms with Gasteiger partial charge in [0.2, 0.25) is 0 Å². The number of alkyl halides is 2. The van der Waals surface area contributed by atoms with Gasteiger partial charge in [0, 0.05) is 217 Å². The molecule has 6 aliphatic heterocycles. The fraction of sp³-hybridized carbons (Fsp3) is 0.567. The average molecular weight is 1780 g/mol. The SMILES string of the molecule is CCc1c(N(CC)C2CCOCC2)cc2oc(CN3CCC(F)(F)CC3)cc2c1C(=O)NCc1c(OC)cc(C)[nH]c1=O.CCc1c(N(CC)C2CCOCC2)cc2oc(CN3CCN(C(C)C)CC3)cc2c1C(=O)NCc1c(OC)cc(C)[nH]c1=O.CCc1c(N(CC)C2CCOCC2)cc2oc(CN3CCOCC3)cc2c1C(=O)NCc1c(OC)cc(C)[nH]c1=O. The van der Waals surface area contributed by atoms with E-state index in [0.29, 0.717) is 173 Å². The highest BCUT2D eigenvalue weighted by molar-refractivity contribution is 6.11. The number of carbonyl (C=O) groups is 3. The first-order chi connectivity index (χ1) is 61.8. The van der Waals surface area contributed by atoms with E-state index in [0.717, 1.165) is 185 Å². The minimum atomic E-state index is -2.63. The van der Waals surface area contributed by atoms with Crippen molar-refractivity contribution in [1.82, 2.24) is 50.5 Å². The topological polar surface area (TPSA) is 313 Å². The van der Waals surface area contributed by atoms with Crippen LogP contribution < -0.4 is 61.5 Å². The van der Waals surface area contributed by atoms with Crippen molar-refractivity contribution in [3.05, 3.63) is 170 Å². The third-order valence-corrected chi connectivity index (χ3v) is 26.1. The van der Waals surface area contributed by atoms with Crippen molar-refractivity contribution in [2.24, 2.45) is 0 Å². The molecule has 6 fully saturated rings. The maximum Gasteiger partial charge on any atom is 0.256 e. The van der Waals surface area contributed by atoms with Crippen LogP contribution in [0.3, 0.4) is 0 Å². The minimum absolute atomic E-state index is 0.0172. The summed E-state index contributed by atoms with van der Waals surface area (Å²) in [6.45, 7) is 38.7. The van der Waals surface area contributed by atoms with Gasteiger partial charge in [0.05, 0.1) is 107 Å². The van der Waals surface area contributed by atoms with Crippen molar-refractivity contribution < 1.29 is 69.6 Å². The zero-order valence-corrected chi connectivity index (χ0v) is 77.4. The summed E-state index contributed by atoms with van der Waals surface area (Å²) in [6, 6.07) is 18.9. The van der Waals surface area contributed by atoms with E-state index in [2.05, 4.69) is 121 Å². The van der Waals surface area contributed by atoms with Crippen LogP contribution in [0.25, 0.3) is 32.9 Å². The number of morpholine rings is 1. The van der Waals surface area contributed by atoms with Gasteiger partial charge in [0.15, 0.2) is 0 Å². The average Bonchev–Trinajstić information content (AvgIpc) is 1.56. The number of halogens is 2. The lowest BCUT2D eigenvalue weighted by molar-refractivity contribution is -0.0575. The van der Waals surface area contributed by atoms with Crippen LogP contribution in [0.15, 0.2) is 82.2 Å². The number of methoxy groups -OCH3 is 3. The van der Waals surface area contributed by atoms with Crippen LogP contribution in [0.5, 0.6) is 17.2 Å². The fourth-order valence-electron chi connectivity index (χ4n) is 19.3. The first kappa shape index (κ1) is 95.5. The first-order valence-corrected chi connectivity index (χ1v) is 46.1. The molecule has 31 heteroatoms. The van der Waals surface area contributed by atoms with E-state index in [1.54, 1.807) is 39.0 Å². The third kappa shape index (κ3) is 22.5. The second-order valence-corrected chi connectivity index (χ2v) is 34.5. The number of rotatable bonds is 31. The summed E-state index contributed by atoms with van der Waals surface area (Å²) >= 11 is 0. The molecule has 12 heterocycles. The Balaban J connectivity index is 0.000000164. The van der Waals surface area contributed by atoms with Crippen LogP contribution >= 0.6 is 0 Å². The predicted octanol–water partition coefficient (Wildman–Crippen LogP) is 13.4. The molecule has 6 N–H and O–H groups in total. The molecule has 3 aromatic carbocycles. The number of hydrogen-bond donors (Lipinski definition) is 6. The van der Waals surface area contributed by atoms with Gasteiger partial charge in [-0.3, -0.25) is 48.4 Å². The molecular formula is C97H133F2N13O16. The standard InChI is InChI=1S/C34H49N5O5.C32H42F2N4O5.C31H42N4O6/c1-7-26-29(39(8-2)24-9-15-43-16-10-24)19-31-27(18-25(44-31)21-37-11-13-38(14-12-37)22(3)4)32(26)34(41)35-20-28-30(42-6)17-23(5)36-33(28)40;1-5-23-26(38(6-2)21-7-13-42-14-8-21)17-28-24(16-22(43-28)19-37-11-9-32(33,34)10-12-37)29(23)31(40)35-18-25-27(41-4)15-20(3)36-30(25)39;1-5-23-26(35(6-2)21-7-11-39-12-8-21)17-28-24(16-22(41-28)19-34-9-13-40-14-10-34)29(23)31(37)32-18-25-27(38-4)15-20(3)33-30(25)36/h17-19,22,24H,7-16,20-21H2,1-6H3,(H,35,41)(H,36,40);15-17,21H,5-14,18-19H2,1-4H3,(H,35,40)(H,36,39);15-17,21H,5-14,18-19H2,1-4H3,(H,32,37)(H,33,36). The van der Waals surface area contributed by atoms with E-state index in [4.69, 9.17) is 46.4 Å². The van der Waals surface area contributed by atoms with E-state index >= 15 is 0 Å². The molecular weight excluding hydrogens is 1640 g/mol. The lowest BCUT2D eigenvalue weighted by Crippen LogP contribution is -2.48. The Morgan fingerprint density at radius 1 is 0.422 bits per heavy atom. The highest BCUT2D eigenvalue weighted by Crippen LogP contribution is 2.42. The molecule has 0 atom stereocenters. The third-order valence-electron chi connectivity index (χ3n) is 26.1. The van der Waals surface area contributed by atoms with Crippen molar-refractivity contribution in [2.75, 3.05) is 161 Å². The van der Waals surface area contributed by atoms with E-state index in [-0.39, 0.29) is 86.0 Å². The Morgan fingerprint density at radius 2 is 0.711 bits per heavy atom. The van der Waals surface area contributed by atoms with Gasteiger partial charge in [0.1, 0.15) is 51.3 Å². The van der Waals surface area contributed by atoms with Crippen molar-refractivity contribution in [1.29, 1.82) is 0 Å². The molecule has 0 saturated carbocycles. The molecule has 0 bridgehead atoms. The van der Waals surface area contributed by atoms with Gasteiger partial charge in [-0.2, -0.15) is 0 Å². The number of piperidine rings is 1. The quantitative estimate of drug-likeness (QED) is 0.0235. The summed E-state index contributed by atoms with van der Waals surface area (Å²) < 4.78 is 85.6. The van der Waals surface area contributed by atoms with Gasteiger partial charge >= 0.3 is 0 Å². The van der Waals surface area contributed by atoms with E-state index in [1.165, 1.54) is 21.3 Å². The van der Waals surface area contributed by atoms with E-state index in [9.17, 15) is 37.5 Å². The number of H-pyrrole nitrogens is 3. The monoisotopic (exact) mass is 1770 g/mol. The van der Waals surface area contributed by atoms with Crippen molar-refractivity contribution in [3.63, 3.8) is 0 Å². The van der Waals surface area contributed by atoms with Gasteiger partial charge in [0.25, 0.3) is 40.3 Å². The van der Waals surface area contributed by atoms with Gasteiger partial charge in [-0.1, -0.05) is 20.8 Å². The number of piperazine rings is 1. The zero-order valence-electron chi connectivity index (χ0n) is 77.4. The molecule has 6 saturated heterocycles. The summed E-state index contributed by atoms with van der Waals surface area (Å²) in [5.74, 6) is 0.210. The number of fused-ring (bicyclic) bond motifs is 3. The number of anilines is 3. The zero-order chi connectivity index (χ0) is 91.0. The Kier molecular flexibility index (Phi) is 32.8. The van der Waals surface area contributed by atoms with Gasteiger partial charge in [-0.15, -0.1) is 0 Å². The molecule has 6 aromatic heterocycles. The number of benzene rings is 3. The van der Waals surface area contributed by atoms with Crippen molar-refractivity contribution in [3.8, 4) is 17.2 Å². The highest BCUT2D eigenvalue weighted by atomic mass is 19.3. The molecule has 15 rings (SSSR count). The van der Waals surface area contributed by atoms with Gasteiger partial charge in [-0.05, 0) is 166 Å². The van der Waals surface area contributed by atoms with Gasteiger partial charge in [-0.25, -0.2) is 8.78 Å². The smallest absolute Gasteiger partial charge is 0.256 e. The molecule has 0 aliphatic carbocycles. The molecule has 6 aliphatic rings. The first-order valence-electron chi connectivity index (χ1n) is 46.1.